The molecule has 1 atom stereocenters. The summed E-state index contributed by atoms with van der Waals surface area (Å²) in [5.41, 5.74) is 0. The van der Waals surface area contributed by atoms with Crippen LogP contribution in [0.25, 0.3) is 0 Å². The second-order valence-corrected chi connectivity index (χ2v) is 7.93. The molecule has 1 aliphatic carbocycles. The van der Waals surface area contributed by atoms with E-state index >= 15 is 0 Å². The Balaban J connectivity index is 1.95. The molecule has 2 N–H and O–H groups in total. The van der Waals surface area contributed by atoms with Gasteiger partial charge in [0.15, 0.2) is 0 Å². The summed E-state index contributed by atoms with van der Waals surface area (Å²) in [4.78, 5) is 12.4. The average molecular weight is 354 g/mol. The molecule has 134 valence electrons. The first kappa shape index (κ1) is 18.7. The number of hydrogen-bond donors (Lipinski definition) is 2. The van der Waals surface area contributed by atoms with Gasteiger partial charge in [-0.1, -0.05) is 25.7 Å². The van der Waals surface area contributed by atoms with E-state index < -0.39 is 16.1 Å². The summed E-state index contributed by atoms with van der Waals surface area (Å²) in [5, 5.41) is 2.97. The van der Waals surface area contributed by atoms with Crippen LogP contribution in [0, 0.1) is 0 Å². The standard InChI is InChI=1S/C17H26N2O4S/c1-13(17(20)18-14-7-5-3-4-6-8-14)19-24(21,22)16-11-9-15(23-2)10-12-16/h9-14,19H,3-8H2,1-2H3,(H,18,20)/t13-/m0/s1. The molecule has 24 heavy (non-hydrogen) atoms. The van der Waals surface area contributed by atoms with Gasteiger partial charge < -0.3 is 10.1 Å². The van der Waals surface area contributed by atoms with Crippen LogP contribution in [0.4, 0.5) is 0 Å². The maximum absolute atomic E-state index is 12.4. The number of carbonyl (C=O) groups excluding carboxylic acids is 1. The summed E-state index contributed by atoms with van der Waals surface area (Å²) in [6.45, 7) is 1.56. The molecule has 1 aliphatic rings. The van der Waals surface area contributed by atoms with E-state index in [0.717, 1.165) is 25.7 Å². The van der Waals surface area contributed by atoms with Crippen LogP contribution in [0.15, 0.2) is 29.2 Å². The smallest absolute Gasteiger partial charge is 0.241 e. The van der Waals surface area contributed by atoms with Gasteiger partial charge in [0, 0.05) is 6.04 Å². The topological polar surface area (TPSA) is 84.5 Å². The zero-order valence-electron chi connectivity index (χ0n) is 14.2. The molecule has 1 fully saturated rings. The van der Waals surface area contributed by atoms with Crippen molar-refractivity contribution in [2.45, 2.75) is 62.4 Å². The Morgan fingerprint density at radius 2 is 1.71 bits per heavy atom. The summed E-state index contributed by atoms with van der Waals surface area (Å²) in [5.74, 6) is 0.298. The van der Waals surface area contributed by atoms with Crippen LogP contribution in [-0.2, 0) is 14.8 Å². The van der Waals surface area contributed by atoms with Crippen molar-refractivity contribution in [3.8, 4) is 5.75 Å². The third-order valence-corrected chi connectivity index (χ3v) is 5.85. The van der Waals surface area contributed by atoms with Crippen molar-refractivity contribution in [1.82, 2.24) is 10.0 Å². The zero-order chi connectivity index (χ0) is 17.6. The van der Waals surface area contributed by atoms with Crippen LogP contribution in [0.2, 0.25) is 0 Å². The fourth-order valence-corrected chi connectivity index (χ4v) is 4.06. The molecule has 6 nitrogen and oxygen atoms in total. The number of amides is 1. The minimum absolute atomic E-state index is 0.109. The monoisotopic (exact) mass is 354 g/mol. The lowest BCUT2D eigenvalue weighted by atomic mass is 10.1. The highest BCUT2D eigenvalue weighted by Crippen LogP contribution is 2.18. The van der Waals surface area contributed by atoms with Gasteiger partial charge >= 0.3 is 0 Å². The van der Waals surface area contributed by atoms with Crippen LogP contribution in [0.3, 0.4) is 0 Å². The van der Waals surface area contributed by atoms with Gasteiger partial charge in [-0.3, -0.25) is 4.79 Å². The Morgan fingerprint density at radius 3 is 2.25 bits per heavy atom. The van der Waals surface area contributed by atoms with Crippen molar-refractivity contribution in [1.29, 1.82) is 0 Å². The number of hydrogen-bond acceptors (Lipinski definition) is 4. The molecule has 0 unspecified atom stereocenters. The largest absolute Gasteiger partial charge is 0.497 e. The molecule has 0 aromatic heterocycles. The molecule has 0 bridgehead atoms. The number of carbonyl (C=O) groups is 1. The summed E-state index contributed by atoms with van der Waals surface area (Å²) in [6, 6.07) is 5.39. The number of methoxy groups -OCH3 is 1. The number of sulfonamides is 1. The lowest BCUT2D eigenvalue weighted by Gasteiger charge is -2.20. The quantitative estimate of drug-likeness (QED) is 0.767. The summed E-state index contributed by atoms with van der Waals surface area (Å²) < 4.78 is 32.2. The third-order valence-electron chi connectivity index (χ3n) is 4.30. The van der Waals surface area contributed by atoms with E-state index in [4.69, 9.17) is 4.74 Å². The maximum atomic E-state index is 12.4. The van der Waals surface area contributed by atoms with Gasteiger partial charge in [-0.2, -0.15) is 4.72 Å². The van der Waals surface area contributed by atoms with Crippen LogP contribution in [0.5, 0.6) is 5.75 Å². The van der Waals surface area contributed by atoms with Crippen LogP contribution in [-0.4, -0.2) is 33.5 Å². The summed E-state index contributed by atoms with van der Waals surface area (Å²) >= 11 is 0. The SMILES string of the molecule is COc1ccc(S(=O)(=O)N[C@@H](C)C(=O)NC2CCCCCC2)cc1. The zero-order valence-corrected chi connectivity index (χ0v) is 15.1. The maximum Gasteiger partial charge on any atom is 0.241 e. The van der Waals surface area contributed by atoms with Gasteiger partial charge in [-0.15, -0.1) is 0 Å². The van der Waals surface area contributed by atoms with E-state index in [1.807, 2.05) is 0 Å². The molecule has 1 aromatic carbocycles. The highest BCUT2D eigenvalue weighted by atomic mass is 32.2. The van der Waals surface area contributed by atoms with Gasteiger partial charge in [-0.25, -0.2) is 8.42 Å². The molecule has 1 aromatic rings. The van der Waals surface area contributed by atoms with Crippen molar-refractivity contribution in [3.05, 3.63) is 24.3 Å². The highest BCUT2D eigenvalue weighted by Gasteiger charge is 2.24. The second kappa shape index (κ2) is 8.48. The number of nitrogens with one attached hydrogen (secondary N) is 2. The minimum Gasteiger partial charge on any atom is -0.497 e. The summed E-state index contributed by atoms with van der Waals surface area (Å²) in [6.07, 6.45) is 6.54. The van der Waals surface area contributed by atoms with E-state index in [2.05, 4.69) is 10.0 Å². The van der Waals surface area contributed by atoms with E-state index in [1.165, 1.54) is 32.1 Å². The number of ether oxygens (including phenoxy) is 1. The predicted octanol–water partition coefficient (Wildman–Crippen LogP) is 2.20. The molecule has 1 saturated carbocycles. The summed E-state index contributed by atoms with van der Waals surface area (Å²) in [7, 11) is -2.23. The van der Waals surface area contributed by atoms with Gasteiger partial charge in [0.05, 0.1) is 18.0 Å². The molecule has 0 saturated heterocycles. The molecule has 7 heteroatoms. The molecule has 2 rings (SSSR count). The number of benzene rings is 1. The van der Waals surface area contributed by atoms with Crippen LogP contribution >= 0.6 is 0 Å². The van der Waals surface area contributed by atoms with Crippen molar-refractivity contribution in [2.75, 3.05) is 7.11 Å². The Bertz CT molecular complexity index is 635. The first-order chi connectivity index (χ1) is 11.4. The third kappa shape index (κ3) is 5.21. The van der Waals surface area contributed by atoms with Crippen molar-refractivity contribution < 1.29 is 17.9 Å². The van der Waals surface area contributed by atoms with Crippen molar-refractivity contribution in [3.63, 3.8) is 0 Å². The lowest BCUT2D eigenvalue weighted by molar-refractivity contribution is -0.123. The fourth-order valence-electron chi connectivity index (χ4n) is 2.86. The molecular formula is C17H26N2O4S. The van der Waals surface area contributed by atoms with E-state index in [0.29, 0.717) is 5.75 Å². The van der Waals surface area contributed by atoms with Crippen molar-refractivity contribution >= 4 is 15.9 Å². The van der Waals surface area contributed by atoms with E-state index in [-0.39, 0.29) is 16.8 Å². The minimum atomic E-state index is -3.74. The normalized spacial score (nSPS) is 17.8. The first-order valence-corrected chi connectivity index (χ1v) is 9.87. The lowest BCUT2D eigenvalue weighted by Crippen LogP contribution is -2.47. The van der Waals surface area contributed by atoms with E-state index in [1.54, 1.807) is 19.1 Å². The Kier molecular flexibility index (Phi) is 6.62. The van der Waals surface area contributed by atoms with Gasteiger partial charge in [0.2, 0.25) is 15.9 Å². The van der Waals surface area contributed by atoms with Crippen LogP contribution < -0.4 is 14.8 Å². The van der Waals surface area contributed by atoms with Gasteiger partial charge in [0.1, 0.15) is 5.75 Å². The van der Waals surface area contributed by atoms with Gasteiger partial charge in [0.25, 0.3) is 0 Å². The average Bonchev–Trinajstić information content (AvgIpc) is 2.83. The first-order valence-electron chi connectivity index (χ1n) is 8.39. The molecule has 0 spiro atoms. The Hall–Kier alpha value is -1.60. The fraction of sp³-hybridized carbons (Fsp3) is 0.588. The van der Waals surface area contributed by atoms with Crippen molar-refractivity contribution in [2.24, 2.45) is 0 Å². The second-order valence-electron chi connectivity index (χ2n) is 6.22. The van der Waals surface area contributed by atoms with E-state index in [9.17, 15) is 13.2 Å². The molecular weight excluding hydrogens is 328 g/mol. The molecule has 0 radical (unpaired) electrons. The molecule has 0 heterocycles. The highest BCUT2D eigenvalue weighted by molar-refractivity contribution is 7.89. The molecule has 0 aliphatic heterocycles. The van der Waals surface area contributed by atoms with Crippen LogP contribution in [0.1, 0.15) is 45.4 Å². The predicted molar refractivity (Wildman–Crippen MR) is 92.4 cm³/mol. The Labute approximate surface area is 144 Å². The van der Waals surface area contributed by atoms with Gasteiger partial charge in [-0.05, 0) is 44.0 Å². The molecule has 1 amide bonds. The Morgan fingerprint density at radius 1 is 1.12 bits per heavy atom. The number of rotatable bonds is 6.